The van der Waals surface area contributed by atoms with Gasteiger partial charge in [-0.05, 0) is 32.2 Å². The van der Waals surface area contributed by atoms with E-state index < -0.39 is 0 Å². The van der Waals surface area contributed by atoms with E-state index in [-0.39, 0.29) is 0 Å². The topological polar surface area (TPSA) is 12.0 Å². The van der Waals surface area contributed by atoms with Crippen molar-refractivity contribution in [3.63, 3.8) is 0 Å². The normalized spacial score (nSPS) is 30.9. The van der Waals surface area contributed by atoms with E-state index in [4.69, 9.17) is 0 Å². The summed E-state index contributed by atoms with van der Waals surface area (Å²) in [6, 6.07) is 0.840. The lowest BCUT2D eigenvalue weighted by Crippen LogP contribution is -2.25. The molecule has 1 heterocycles. The summed E-state index contributed by atoms with van der Waals surface area (Å²) in [5, 5.41) is 4.57. The van der Waals surface area contributed by atoms with Crippen molar-refractivity contribution < 1.29 is 0 Å². The molecule has 0 radical (unpaired) electrons. The molecule has 1 aliphatic carbocycles. The average Bonchev–Trinajstić information content (AvgIpc) is 2.69. The van der Waals surface area contributed by atoms with E-state index in [1.807, 2.05) is 0 Å². The Hall–Kier alpha value is 0.310. The summed E-state index contributed by atoms with van der Waals surface area (Å²) in [5.41, 5.74) is 0. The quantitative estimate of drug-likeness (QED) is 0.750. The van der Waals surface area contributed by atoms with Gasteiger partial charge in [-0.3, -0.25) is 0 Å². The molecule has 76 valence electrons. The summed E-state index contributed by atoms with van der Waals surface area (Å²) in [6.07, 6.45) is 10.2. The van der Waals surface area contributed by atoms with E-state index in [2.05, 4.69) is 17.1 Å². The molecule has 0 aromatic carbocycles. The molecule has 0 aromatic heterocycles. The standard InChI is InChI=1S/C11H21NS/c1-2-6-11(7-3-1)13-9-10-5-4-8-12-10/h10-12H,1-9H2/t10-/m1/s1. The van der Waals surface area contributed by atoms with Crippen LogP contribution in [0.2, 0.25) is 0 Å². The molecular weight excluding hydrogens is 178 g/mol. The van der Waals surface area contributed by atoms with Gasteiger partial charge in [0.1, 0.15) is 0 Å². The molecule has 1 aliphatic heterocycles. The van der Waals surface area contributed by atoms with Crippen LogP contribution in [0.25, 0.3) is 0 Å². The van der Waals surface area contributed by atoms with Crippen molar-refractivity contribution >= 4 is 11.8 Å². The van der Waals surface area contributed by atoms with Crippen molar-refractivity contribution in [2.24, 2.45) is 0 Å². The second-order valence-electron chi connectivity index (χ2n) is 4.39. The van der Waals surface area contributed by atoms with Gasteiger partial charge >= 0.3 is 0 Å². The lowest BCUT2D eigenvalue weighted by molar-refractivity contribution is 0.515. The van der Waals surface area contributed by atoms with Gasteiger partial charge in [0, 0.05) is 17.0 Å². The Kier molecular flexibility index (Phi) is 3.98. The number of thioether (sulfide) groups is 1. The molecule has 1 saturated heterocycles. The van der Waals surface area contributed by atoms with Crippen LogP contribution in [-0.4, -0.2) is 23.6 Å². The maximum atomic E-state index is 3.58. The molecule has 2 rings (SSSR count). The minimum absolute atomic E-state index is 0.840. The first-order chi connectivity index (χ1) is 6.45. The van der Waals surface area contributed by atoms with Crippen molar-refractivity contribution in [3.8, 4) is 0 Å². The number of hydrogen-bond donors (Lipinski definition) is 1. The van der Waals surface area contributed by atoms with Gasteiger partial charge in [-0.25, -0.2) is 0 Å². The molecule has 2 fully saturated rings. The Labute approximate surface area is 86.0 Å². The Balaban J connectivity index is 1.60. The molecule has 13 heavy (non-hydrogen) atoms. The Morgan fingerprint density at radius 2 is 1.85 bits per heavy atom. The highest BCUT2D eigenvalue weighted by atomic mass is 32.2. The van der Waals surface area contributed by atoms with Crippen LogP contribution in [0.15, 0.2) is 0 Å². The smallest absolute Gasteiger partial charge is 0.0158 e. The Morgan fingerprint density at radius 1 is 1.00 bits per heavy atom. The summed E-state index contributed by atoms with van der Waals surface area (Å²) >= 11 is 2.23. The SMILES string of the molecule is C1CCC(SC[C@H]2CCCN2)CC1. The summed E-state index contributed by atoms with van der Waals surface area (Å²) < 4.78 is 0. The fourth-order valence-corrected chi connectivity index (χ4v) is 3.84. The summed E-state index contributed by atoms with van der Waals surface area (Å²) in [7, 11) is 0. The molecule has 0 aromatic rings. The zero-order valence-corrected chi connectivity index (χ0v) is 9.24. The first-order valence-electron chi connectivity index (χ1n) is 5.80. The van der Waals surface area contributed by atoms with Crippen molar-refractivity contribution in [2.75, 3.05) is 12.3 Å². The predicted octanol–water partition coefficient (Wildman–Crippen LogP) is 2.80. The van der Waals surface area contributed by atoms with E-state index in [0.29, 0.717) is 0 Å². The van der Waals surface area contributed by atoms with Gasteiger partial charge in [0.05, 0.1) is 0 Å². The van der Waals surface area contributed by atoms with Gasteiger partial charge in [0.25, 0.3) is 0 Å². The van der Waals surface area contributed by atoms with E-state index in [1.165, 1.54) is 57.2 Å². The summed E-state index contributed by atoms with van der Waals surface area (Å²) in [5.74, 6) is 1.37. The van der Waals surface area contributed by atoms with Crippen LogP contribution >= 0.6 is 11.8 Å². The van der Waals surface area contributed by atoms with Crippen LogP contribution in [0, 0.1) is 0 Å². The fourth-order valence-electron chi connectivity index (χ4n) is 2.38. The van der Waals surface area contributed by atoms with Crippen LogP contribution in [0.4, 0.5) is 0 Å². The third-order valence-corrected chi connectivity index (χ3v) is 4.79. The largest absolute Gasteiger partial charge is 0.313 e. The molecular formula is C11H21NS. The molecule has 1 atom stereocenters. The van der Waals surface area contributed by atoms with Gasteiger partial charge < -0.3 is 5.32 Å². The van der Waals surface area contributed by atoms with Crippen molar-refractivity contribution in [3.05, 3.63) is 0 Å². The predicted molar refractivity (Wildman–Crippen MR) is 60.4 cm³/mol. The van der Waals surface area contributed by atoms with Crippen LogP contribution in [-0.2, 0) is 0 Å². The highest BCUT2D eigenvalue weighted by Gasteiger charge is 2.18. The van der Waals surface area contributed by atoms with Crippen LogP contribution in [0.5, 0.6) is 0 Å². The van der Waals surface area contributed by atoms with E-state index in [9.17, 15) is 0 Å². The highest BCUT2D eigenvalue weighted by molar-refractivity contribution is 7.99. The van der Waals surface area contributed by atoms with E-state index >= 15 is 0 Å². The molecule has 0 unspecified atom stereocenters. The van der Waals surface area contributed by atoms with Gasteiger partial charge in [0.2, 0.25) is 0 Å². The van der Waals surface area contributed by atoms with E-state index in [0.717, 1.165) is 11.3 Å². The lowest BCUT2D eigenvalue weighted by Gasteiger charge is -2.22. The van der Waals surface area contributed by atoms with Crippen LogP contribution in [0.3, 0.4) is 0 Å². The molecule has 1 N–H and O–H groups in total. The van der Waals surface area contributed by atoms with Crippen LogP contribution < -0.4 is 5.32 Å². The Bertz CT molecular complexity index is 137. The molecule has 0 bridgehead atoms. The molecule has 1 saturated carbocycles. The summed E-state index contributed by atoms with van der Waals surface area (Å²) in [4.78, 5) is 0. The lowest BCUT2D eigenvalue weighted by atomic mass is 10.0. The van der Waals surface area contributed by atoms with Gasteiger partial charge in [-0.15, -0.1) is 0 Å². The van der Waals surface area contributed by atoms with Crippen molar-refractivity contribution in [1.82, 2.24) is 5.32 Å². The second-order valence-corrected chi connectivity index (χ2v) is 5.72. The number of nitrogens with one attached hydrogen (secondary N) is 1. The zero-order chi connectivity index (χ0) is 8.93. The second kappa shape index (κ2) is 5.26. The monoisotopic (exact) mass is 199 g/mol. The molecule has 1 nitrogen and oxygen atoms in total. The van der Waals surface area contributed by atoms with Gasteiger partial charge in [-0.2, -0.15) is 11.8 Å². The molecule has 0 amide bonds. The fraction of sp³-hybridized carbons (Fsp3) is 1.00. The molecule has 2 heteroatoms. The Morgan fingerprint density at radius 3 is 2.54 bits per heavy atom. The third-order valence-electron chi connectivity index (χ3n) is 3.25. The van der Waals surface area contributed by atoms with E-state index in [1.54, 1.807) is 0 Å². The maximum absolute atomic E-state index is 3.58. The number of hydrogen-bond acceptors (Lipinski definition) is 2. The maximum Gasteiger partial charge on any atom is 0.0158 e. The first kappa shape index (κ1) is 9.85. The summed E-state index contributed by atoms with van der Waals surface area (Å²) in [6.45, 7) is 1.26. The minimum atomic E-state index is 0.840. The highest BCUT2D eigenvalue weighted by Crippen LogP contribution is 2.29. The number of rotatable bonds is 3. The third kappa shape index (κ3) is 3.17. The van der Waals surface area contributed by atoms with Crippen molar-refractivity contribution in [2.45, 2.75) is 56.2 Å². The van der Waals surface area contributed by atoms with Crippen LogP contribution in [0.1, 0.15) is 44.9 Å². The van der Waals surface area contributed by atoms with Gasteiger partial charge in [-0.1, -0.05) is 19.3 Å². The van der Waals surface area contributed by atoms with Gasteiger partial charge in [0.15, 0.2) is 0 Å². The first-order valence-corrected chi connectivity index (χ1v) is 6.85. The average molecular weight is 199 g/mol. The zero-order valence-electron chi connectivity index (χ0n) is 8.43. The molecule has 0 spiro atoms. The molecule has 2 aliphatic rings. The van der Waals surface area contributed by atoms with Crippen molar-refractivity contribution in [1.29, 1.82) is 0 Å². The minimum Gasteiger partial charge on any atom is -0.313 e.